The Balaban J connectivity index is 1.61. The number of piperidine rings is 1. The highest BCUT2D eigenvalue weighted by Gasteiger charge is 2.21. The Labute approximate surface area is 136 Å². The average molecular weight is 314 g/mol. The zero-order valence-corrected chi connectivity index (χ0v) is 13.5. The largest absolute Gasteiger partial charge is 0.368 e. The number of anilines is 2. The maximum atomic E-state index is 13.3. The van der Waals surface area contributed by atoms with Gasteiger partial charge in [0.1, 0.15) is 11.6 Å². The van der Waals surface area contributed by atoms with E-state index >= 15 is 0 Å². The molecule has 0 bridgehead atoms. The number of benzene rings is 1. The minimum absolute atomic E-state index is 0.153. The van der Waals surface area contributed by atoms with Crippen LogP contribution >= 0.6 is 0 Å². The fourth-order valence-electron chi connectivity index (χ4n) is 3.31. The summed E-state index contributed by atoms with van der Waals surface area (Å²) in [5, 5.41) is 0. The van der Waals surface area contributed by atoms with Crippen LogP contribution in [-0.2, 0) is 6.42 Å². The highest BCUT2D eigenvalue weighted by Crippen LogP contribution is 2.25. The van der Waals surface area contributed by atoms with Crippen molar-refractivity contribution in [2.45, 2.75) is 32.6 Å². The van der Waals surface area contributed by atoms with Crippen LogP contribution in [-0.4, -0.2) is 23.1 Å². The van der Waals surface area contributed by atoms with E-state index in [1.807, 2.05) is 19.1 Å². The lowest BCUT2D eigenvalue weighted by Crippen LogP contribution is -2.36. The molecule has 1 saturated heterocycles. The third kappa shape index (κ3) is 4.18. The van der Waals surface area contributed by atoms with Gasteiger partial charge in [-0.15, -0.1) is 0 Å². The van der Waals surface area contributed by atoms with E-state index in [0.717, 1.165) is 49.4 Å². The molecule has 1 aromatic heterocycles. The third-order valence-corrected chi connectivity index (χ3v) is 4.43. The molecule has 1 aromatic carbocycles. The van der Waals surface area contributed by atoms with E-state index in [0.29, 0.717) is 11.9 Å². The van der Waals surface area contributed by atoms with Crippen LogP contribution in [0, 0.1) is 18.7 Å². The van der Waals surface area contributed by atoms with Crippen LogP contribution in [0.5, 0.6) is 0 Å². The second kappa shape index (κ2) is 6.94. The maximum absolute atomic E-state index is 13.3. The standard InChI is InChI=1S/C18H23FN4/c1-13-10-17(22-18(20)21-13)23-9-3-5-15(12-23)8-7-14-4-2-6-16(19)11-14/h2,4,6,10-11,15H,3,5,7-9,12H2,1H3,(H2,20,21,22). The van der Waals surface area contributed by atoms with Gasteiger partial charge in [0.15, 0.2) is 0 Å². The van der Waals surface area contributed by atoms with Gasteiger partial charge in [-0.3, -0.25) is 0 Å². The molecule has 0 radical (unpaired) electrons. The summed E-state index contributed by atoms with van der Waals surface area (Å²) in [4.78, 5) is 10.8. The lowest BCUT2D eigenvalue weighted by Gasteiger charge is -2.33. The molecular formula is C18H23FN4. The van der Waals surface area contributed by atoms with Gasteiger partial charge in [-0.2, -0.15) is 4.98 Å². The van der Waals surface area contributed by atoms with Crippen LogP contribution in [0.15, 0.2) is 30.3 Å². The summed E-state index contributed by atoms with van der Waals surface area (Å²) in [5.41, 5.74) is 7.74. The fourth-order valence-corrected chi connectivity index (χ4v) is 3.31. The van der Waals surface area contributed by atoms with Crippen molar-refractivity contribution in [1.29, 1.82) is 0 Å². The summed E-state index contributed by atoms with van der Waals surface area (Å²) in [6.45, 7) is 3.92. The first-order valence-corrected chi connectivity index (χ1v) is 8.21. The van der Waals surface area contributed by atoms with E-state index in [1.54, 1.807) is 12.1 Å². The van der Waals surface area contributed by atoms with Gasteiger partial charge in [-0.1, -0.05) is 12.1 Å². The molecular weight excluding hydrogens is 291 g/mol. The number of aromatic nitrogens is 2. The van der Waals surface area contributed by atoms with Crippen molar-refractivity contribution >= 4 is 11.8 Å². The highest BCUT2D eigenvalue weighted by molar-refractivity contribution is 5.43. The van der Waals surface area contributed by atoms with E-state index in [2.05, 4.69) is 14.9 Å². The molecule has 2 heterocycles. The van der Waals surface area contributed by atoms with Gasteiger partial charge in [0.05, 0.1) is 0 Å². The first-order chi connectivity index (χ1) is 11.1. The number of nitrogen functional groups attached to an aromatic ring is 1. The van der Waals surface area contributed by atoms with Crippen molar-refractivity contribution in [3.8, 4) is 0 Å². The van der Waals surface area contributed by atoms with Gasteiger partial charge in [0.2, 0.25) is 5.95 Å². The van der Waals surface area contributed by atoms with E-state index in [1.165, 1.54) is 12.5 Å². The van der Waals surface area contributed by atoms with Gasteiger partial charge in [-0.25, -0.2) is 9.37 Å². The van der Waals surface area contributed by atoms with Crippen LogP contribution < -0.4 is 10.6 Å². The molecule has 3 rings (SSSR count). The Hall–Kier alpha value is -2.17. The Kier molecular flexibility index (Phi) is 4.74. The topological polar surface area (TPSA) is 55.0 Å². The summed E-state index contributed by atoms with van der Waals surface area (Å²) in [7, 11) is 0. The predicted molar refractivity (Wildman–Crippen MR) is 90.8 cm³/mol. The van der Waals surface area contributed by atoms with E-state index in [-0.39, 0.29) is 5.82 Å². The Morgan fingerprint density at radius 2 is 2.17 bits per heavy atom. The van der Waals surface area contributed by atoms with Crippen molar-refractivity contribution in [3.63, 3.8) is 0 Å². The number of rotatable bonds is 4. The molecule has 2 aromatic rings. The van der Waals surface area contributed by atoms with Gasteiger partial charge >= 0.3 is 0 Å². The molecule has 4 nitrogen and oxygen atoms in total. The first kappa shape index (κ1) is 15.7. The third-order valence-electron chi connectivity index (χ3n) is 4.43. The van der Waals surface area contributed by atoms with Crippen molar-refractivity contribution < 1.29 is 4.39 Å². The molecule has 1 atom stereocenters. The summed E-state index contributed by atoms with van der Waals surface area (Å²) in [6.07, 6.45) is 4.35. The molecule has 5 heteroatoms. The lowest BCUT2D eigenvalue weighted by atomic mass is 9.91. The van der Waals surface area contributed by atoms with Crippen LogP contribution in [0.2, 0.25) is 0 Å². The second-order valence-electron chi connectivity index (χ2n) is 6.35. The molecule has 2 N–H and O–H groups in total. The van der Waals surface area contributed by atoms with Crippen LogP contribution in [0.1, 0.15) is 30.5 Å². The zero-order valence-electron chi connectivity index (χ0n) is 13.5. The molecule has 1 fully saturated rings. The molecule has 0 amide bonds. The number of halogens is 1. The summed E-state index contributed by atoms with van der Waals surface area (Å²) in [6, 6.07) is 8.90. The quantitative estimate of drug-likeness (QED) is 0.940. The van der Waals surface area contributed by atoms with Crippen molar-refractivity contribution in [2.24, 2.45) is 5.92 Å². The average Bonchev–Trinajstić information content (AvgIpc) is 2.52. The van der Waals surface area contributed by atoms with E-state index in [4.69, 9.17) is 5.73 Å². The molecule has 1 unspecified atom stereocenters. The van der Waals surface area contributed by atoms with Gasteiger partial charge < -0.3 is 10.6 Å². The second-order valence-corrected chi connectivity index (χ2v) is 6.35. The van der Waals surface area contributed by atoms with E-state index < -0.39 is 0 Å². The summed E-state index contributed by atoms with van der Waals surface area (Å²) >= 11 is 0. The molecule has 1 aliphatic heterocycles. The van der Waals surface area contributed by atoms with Crippen LogP contribution in [0.4, 0.5) is 16.2 Å². The minimum Gasteiger partial charge on any atom is -0.368 e. The van der Waals surface area contributed by atoms with Gasteiger partial charge in [-0.05, 0) is 56.2 Å². The number of nitrogens with zero attached hydrogens (tertiary/aromatic N) is 3. The Morgan fingerprint density at radius 3 is 2.96 bits per heavy atom. The molecule has 0 saturated carbocycles. The number of hydrogen-bond acceptors (Lipinski definition) is 4. The SMILES string of the molecule is Cc1cc(N2CCCC(CCc3cccc(F)c3)C2)nc(N)n1. The number of hydrogen-bond donors (Lipinski definition) is 1. The number of nitrogens with two attached hydrogens (primary N) is 1. The van der Waals surface area contributed by atoms with Crippen LogP contribution in [0.25, 0.3) is 0 Å². The minimum atomic E-state index is -0.153. The van der Waals surface area contributed by atoms with Gasteiger partial charge in [0, 0.05) is 24.8 Å². The van der Waals surface area contributed by atoms with Crippen molar-refractivity contribution in [1.82, 2.24) is 9.97 Å². The Morgan fingerprint density at radius 1 is 1.30 bits per heavy atom. The van der Waals surface area contributed by atoms with E-state index in [9.17, 15) is 4.39 Å². The molecule has 0 aliphatic carbocycles. The van der Waals surface area contributed by atoms with Crippen molar-refractivity contribution in [3.05, 3.63) is 47.4 Å². The normalized spacial score (nSPS) is 18.2. The smallest absolute Gasteiger partial charge is 0.222 e. The van der Waals surface area contributed by atoms with Crippen LogP contribution in [0.3, 0.4) is 0 Å². The fraction of sp³-hybridized carbons (Fsp3) is 0.444. The highest BCUT2D eigenvalue weighted by atomic mass is 19.1. The molecule has 23 heavy (non-hydrogen) atoms. The summed E-state index contributed by atoms with van der Waals surface area (Å²) < 4.78 is 13.3. The Bertz CT molecular complexity index is 654. The van der Waals surface area contributed by atoms with Crippen molar-refractivity contribution in [2.75, 3.05) is 23.7 Å². The lowest BCUT2D eigenvalue weighted by molar-refractivity contribution is 0.390. The molecule has 122 valence electrons. The monoisotopic (exact) mass is 314 g/mol. The maximum Gasteiger partial charge on any atom is 0.222 e. The zero-order chi connectivity index (χ0) is 16.2. The molecule has 1 aliphatic rings. The molecule has 0 spiro atoms. The van der Waals surface area contributed by atoms with Gasteiger partial charge in [0.25, 0.3) is 0 Å². The number of aryl methyl sites for hydroxylation is 2. The predicted octanol–water partition coefficient (Wildman–Crippen LogP) is 3.36. The first-order valence-electron chi connectivity index (χ1n) is 8.21. The summed E-state index contributed by atoms with van der Waals surface area (Å²) in [5.74, 6) is 1.70.